The van der Waals surface area contributed by atoms with Crippen LogP contribution in [0.15, 0.2) is 42.7 Å². The van der Waals surface area contributed by atoms with Crippen molar-refractivity contribution in [2.75, 3.05) is 0 Å². The first-order valence-electron chi connectivity index (χ1n) is 4.44. The van der Waals surface area contributed by atoms with Crippen molar-refractivity contribution < 1.29 is 4.39 Å². The normalized spacial score (nSPS) is 10.1. The number of benzene rings is 1. The van der Waals surface area contributed by atoms with E-state index in [2.05, 4.69) is 4.98 Å². The van der Waals surface area contributed by atoms with Gasteiger partial charge in [0.25, 0.3) is 0 Å². The molecule has 0 unspecified atom stereocenters. The van der Waals surface area contributed by atoms with Gasteiger partial charge in [0.2, 0.25) is 0 Å². The van der Waals surface area contributed by atoms with Crippen LogP contribution in [0.5, 0.6) is 0 Å². The molecule has 0 aliphatic rings. The molecule has 0 atom stereocenters. The second-order valence-electron chi connectivity index (χ2n) is 3.17. The molecule has 0 spiro atoms. The van der Waals surface area contributed by atoms with Gasteiger partial charge in [0.1, 0.15) is 5.82 Å². The average Bonchev–Trinajstić information content (AvgIpc) is 2.20. The summed E-state index contributed by atoms with van der Waals surface area (Å²) in [5.74, 6) is -0.205. The van der Waals surface area contributed by atoms with Gasteiger partial charge in [0, 0.05) is 23.5 Å². The SMILES string of the molecule is Cc1ccncc1-c1ccccc1F. The highest BCUT2D eigenvalue weighted by atomic mass is 19.1. The molecule has 2 rings (SSSR count). The summed E-state index contributed by atoms with van der Waals surface area (Å²) in [7, 11) is 0. The van der Waals surface area contributed by atoms with Crippen molar-refractivity contribution >= 4 is 0 Å². The third-order valence-electron chi connectivity index (χ3n) is 2.20. The largest absolute Gasteiger partial charge is 0.264 e. The summed E-state index contributed by atoms with van der Waals surface area (Å²) in [5, 5.41) is 0. The minimum absolute atomic E-state index is 0.205. The van der Waals surface area contributed by atoms with E-state index in [4.69, 9.17) is 0 Å². The van der Waals surface area contributed by atoms with Gasteiger partial charge in [-0.15, -0.1) is 0 Å². The summed E-state index contributed by atoms with van der Waals surface area (Å²) in [6.07, 6.45) is 3.40. The van der Waals surface area contributed by atoms with E-state index in [1.54, 1.807) is 24.5 Å². The summed E-state index contributed by atoms with van der Waals surface area (Å²) in [6.45, 7) is 1.95. The predicted octanol–water partition coefficient (Wildman–Crippen LogP) is 3.20. The summed E-state index contributed by atoms with van der Waals surface area (Å²) < 4.78 is 13.4. The van der Waals surface area contributed by atoms with Crippen LogP contribution in [-0.2, 0) is 0 Å². The topological polar surface area (TPSA) is 12.9 Å². The second kappa shape index (κ2) is 3.58. The number of nitrogens with zero attached hydrogens (tertiary/aromatic N) is 1. The molecule has 1 nitrogen and oxygen atoms in total. The Balaban J connectivity index is 2.61. The molecular formula is C12H10FN. The van der Waals surface area contributed by atoms with Crippen LogP contribution < -0.4 is 0 Å². The second-order valence-corrected chi connectivity index (χ2v) is 3.17. The van der Waals surface area contributed by atoms with E-state index in [1.165, 1.54) is 6.07 Å². The van der Waals surface area contributed by atoms with E-state index in [-0.39, 0.29) is 5.82 Å². The van der Waals surface area contributed by atoms with Crippen LogP contribution in [-0.4, -0.2) is 4.98 Å². The van der Waals surface area contributed by atoms with Gasteiger partial charge in [-0.1, -0.05) is 18.2 Å². The van der Waals surface area contributed by atoms with Crippen LogP contribution in [0, 0.1) is 12.7 Å². The van der Waals surface area contributed by atoms with E-state index in [0.29, 0.717) is 5.56 Å². The quantitative estimate of drug-likeness (QED) is 0.668. The Kier molecular flexibility index (Phi) is 2.27. The first-order chi connectivity index (χ1) is 6.79. The lowest BCUT2D eigenvalue weighted by molar-refractivity contribution is 0.631. The van der Waals surface area contributed by atoms with Crippen molar-refractivity contribution in [2.45, 2.75) is 6.92 Å². The minimum atomic E-state index is -0.205. The van der Waals surface area contributed by atoms with E-state index in [1.807, 2.05) is 19.1 Å². The van der Waals surface area contributed by atoms with Gasteiger partial charge in [-0.05, 0) is 24.6 Å². The van der Waals surface area contributed by atoms with Crippen LogP contribution in [0.3, 0.4) is 0 Å². The molecule has 0 bridgehead atoms. The highest BCUT2D eigenvalue weighted by Gasteiger charge is 2.05. The molecule has 70 valence electrons. The molecule has 0 saturated heterocycles. The summed E-state index contributed by atoms with van der Waals surface area (Å²) >= 11 is 0. The molecule has 2 heteroatoms. The van der Waals surface area contributed by atoms with E-state index in [0.717, 1.165) is 11.1 Å². The smallest absolute Gasteiger partial charge is 0.131 e. The molecule has 0 radical (unpaired) electrons. The third kappa shape index (κ3) is 1.51. The first kappa shape index (κ1) is 8.88. The van der Waals surface area contributed by atoms with Crippen LogP contribution in [0.1, 0.15) is 5.56 Å². The van der Waals surface area contributed by atoms with Gasteiger partial charge in [0.15, 0.2) is 0 Å². The predicted molar refractivity (Wildman–Crippen MR) is 54.4 cm³/mol. The third-order valence-corrected chi connectivity index (χ3v) is 2.20. The molecule has 0 fully saturated rings. The van der Waals surface area contributed by atoms with Crippen LogP contribution in [0.25, 0.3) is 11.1 Å². The van der Waals surface area contributed by atoms with Crippen LogP contribution >= 0.6 is 0 Å². The lowest BCUT2D eigenvalue weighted by Crippen LogP contribution is -1.87. The Labute approximate surface area is 82.2 Å². The molecule has 1 heterocycles. The maximum atomic E-state index is 13.4. The Bertz CT molecular complexity index is 408. The summed E-state index contributed by atoms with van der Waals surface area (Å²) in [6, 6.07) is 8.61. The van der Waals surface area contributed by atoms with Gasteiger partial charge >= 0.3 is 0 Å². The standard InChI is InChI=1S/C12H10FN/c1-9-6-7-14-8-11(9)10-4-2-3-5-12(10)13/h2-8H,1H3. The molecule has 0 amide bonds. The Morgan fingerprint density at radius 2 is 1.86 bits per heavy atom. The summed E-state index contributed by atoms with van der Waals surface area (Å²) in [5.41, 5.74) is 2.49. The molecule has 1 aromatic heterocycles. The van der Waals surface area contributed by atoms with Gasteiger partial charge < -0.3 is 0 Å². The maximum Gasteiger partial charge on any atom is 0.131 e. The fraction of sp³-hybridized carbons (Fsp3) is 0.0833. The van der Waals surface area contributed by atoms with Crippen molar-refractivity contribution in [2.24, 2.45) is 0 Å². The Morgan fingerprint density at radius 3 is 2.57 bits per heavy atom. The number of pyridine rings is 1. The zero-order chi connectivity index (χ0) is 9.97. The number of hydrogen-bond donors (Lipinski definition) is 0. The zero-order valence-electron chi connectivity index (χ0n) is 7.87. The number of halogens is 1. The molecule has 14 heavy (non-hydrogen) atoms. The van der Waals surface area contributed by atoms with Crippen molar-refractivity contribution in [3.05, 3.63) is 54.1 Å². The fourth-order valence-corrected chi connectivity index (χ4v) is 1.43. The molecular weight excluding hydrogens is 177 g/mol. The van der Waals surface area contributed by atoms with Gasteiger partial charge in [-0.25, -0.2) is 4.39 Å². The highest BCUT2D eigenvalue weighted by molar-refractivity contribution is 5.66. The van der Waals surface area contributed by atoms with E-state index >= 15 is 0 Å². The zero-order valence-corrected chi connectivity index (χ0v) is 7.87. The molecule has 0 aliphatic carbocycles. The number of hydrogen-bond acceptors (Lipinski definition) is 1. The van der Waals surface area contributed by atoms with Crippen molar-refractivity contribution in [3.63, 3.8) is 0 Å². The molecule has 0 saturated carbocycles. The van der Waals surface area contributed by atoms with Crippen molar-refractivity contribution in [1.82, 2.24) is 4.98 Å². The van der Waals surface area contributed by atoms with Crippen molar-refractivity contribution in [1.29, 1.82) is 0 Å². The molecule has 2 aromatic rings. The lowest BCUT2D eigenvalue weighted by Gasteiger charge is -2.05. The monoisotopic (exact) mass is 187 g/mol. The highest BCUT2D eigenvalue weighted by Crippen LogP contribution is 2.24. The minimum Gasteiger partial charge on any atom is -0.264 e. The van der Waals surface area contributed by atoms with E-state index in [9.17, 15) is 4.39 Å². The van der Waals surface area contributed by atoms with Crippen LogP contribution in [0.4, 0.5) is 4.39 Å². The van der Waals surface area contributed by atoms with E-state index < -0.39 is 0 Å². The van der Waals surface area contributed by atoms with Crippen LogP contribution in [0.2, 0.25) is 0 Å². The Morgan fingerprint density at radius 1 is 1.07 bits per heavy atom. The maximum absolute atomic E-state index is 13.4. The molecule has 0 aliphatic heterocycles. The van der Waals surface area contributed by atoms with Gasteiger partial charge in [-0.3, -0.25) is 4.98 Å². The average molecular weight is 187 g/mol. The fourth-order valence-electron chi connectivity index (χ4n) is 1.43. The molecule has 0 N–H and O–H groups in total. The van der Waals surface area contributed by atoms with Gasteiger partial charge in [0.05, 0.1) is 0 Å². The van der Waals surface area contributed by atoms with Gasteiger partial charge in [-0.2, -0.15) is 0 Å². The first-order valence-corrected chi connectivity index (χ1v) is 4.44. The number of rotatable bonds is 1. The Hall–Kier alpha value is -1.70. The summed E-state index contributed by atoms with van der Waals surface area (Å²) in [4.78, 5) is 4.00. The molecule has 1 aromatic carbocycles. The number of aromatic nitrogens is 1. The van der Waals surface area contributed by atoms with Crippen molar-refractivity contribution in [3.8, 4) is 11.1 Å². The number of aryl methyl sites for hydroxylation is 1. The lowest BCUT2D eigenvalue weighted by atomic mass is 10.0.